The Morgan fingerprint density at radius 3 is 2.35 bits per heavy atom. The van der Waals surface area contributed by atoms with Gasteiger partial charge in [0.2, 0.25) is 0 Å². The molecule has 2 rings (SSSR count). The third-order valence-electron chi connectivity index (χ3n) is 4.23. The monoisotopic (exact) mass is 281 g/mol. The van der Waals surface area contributed by atoms with Crippen LogP contribution in [0.3, 0.4) is 0 Å². The number of benzene rings is 1. The van der Waals surface area contributed by atoms with Gasteiger partial charge in [-0.1, -0.05) is 37.3 Å². The Morgan fingerprint density at radius 2 is 1.85 bits per heavy atom. The minimum atomic E-state index is -2.84. The fourth-order valence-corrected chi connectivity index (χ4v) is 2.53. The van der Waals surface area contributed by atoms with Crippen molar-refractivity contribution < 1.29 is 8.78 Å². The number of hydrogen-bond acceptors (Lipinski definition) is 2. The topological polar surface area (TPSA) is 53.1 Å². The molecule has 1 aliphatic heterocycles. The molecule has 1 fully saturated rings. The Bertz CT molecular complexity index is 465. The summed E-state index contributed by atoms with van der Waals surface area (Å²) in [5.41, 5.74) is 5.30. The Morgan fingerprint density at radius 1 is 1.30 bits per heavy atom. The van der Waals surface area contributed by atoms with Gasteiger partial charge in [0.25, 0.3) is 5.92 Å². The van der Waals surface area contributed by atoms with Gasteiger partial charge < -0.3 is 5.73 Å². The number of piperidine rings is 1. The van der Waals surface area contributed by atoms with Crippen molar-refractivity contribution in [1.29, 1.82) is 5.41 Å². The molecule has 3 N–H and O–H groups in total. The van der Waals surface area contributed by atoms with Gasteiger partial charge in [0.15, 0.2) is 0 Å². The average Bonchev–Trinajstić information content (AvgIpc) is 2.42. The van der Waals surface area contributed by atoms with E-state index in [1.54, 1.807) is 23.1 Å². The lowest BCUT2D eigenvalue weighted by molar-refractivity contribution is -0.0462. The molecule has 3 nitrogen and oxygen atoms in total. The summed E-state index contributed by atoms with van der Waals surface area (Å²) in [6.07, 6.45) is 1.32. The lowest BCUT2D eigenvalue weighted by Gasteiger charge is -2.39. The van der Waals surface area contributed by atoms with Gasteiger partial charge in [0, 0.05) is 11.0 Å². The van der Waals surface area contributed by atoms with E-state index in [0.29, 0.717) is 25.9 Å². The minimum absolute atomic E-state index is 0.0555. The van der Waals surface area contributed by atoms with Crippen LogP contribution >= 0.6 is 0 Å². The molecule has 0 bridgehead atoms. The highest BCUT2D eigenvalue weighted by Gasteiger charge is 2.38. The first kappa shape index (κ1) is 14.9. The molecule has 0 radical (unpaired) electrons. The molecule has 0 unspecified atom stereocenters. The van der Waals surface area contributed by atoms with Gasteiger partial charge in [-0.3, -0.25) is 10.3 Å². The van der Waals surface area contributed by atoms with E-state index < -0.39 is 5.92 Å². The van der Waals surface area contributed by atoms with E-state index in [4.69, 9.17) is 11.1 Å². The maximum Gasteiger partial charge on any atom is 0.285 e. The molecule has 0 saturated carbocycles. The third-order valence-corrected chi connectivity index (χ3v) is 4.23. The Labute approximate surface area is 118 Å². The number of nitrogens with zero attached hydrogens (tertiary/aromatic N) is 1. The Hall–Kier alpha value is -1.49. The summed E-state index contributed by atoms with van der Waals surface area (Å²) in [5.74, 6) is -2.68. The van der Waals surface area contributed by atoms with Crippen molar-refractivity contribution in [1.82, 2.24) is 4.90 Å². The molecule has 1 aliphatic rings. The zero-order valence-corrected chi connectivity index (χ0v) is 11.7. The van der Waals surface area contributed by atoms with Gasteiger partial charge in [-0.05, 0) is 25.9 Å². The van der Waals surface area contributed by atoms with Crippen LogP contribution < -0.4 is 5.73 Å². The van der Waals surface area contributed by atoms with Gasteiger partial charge in [-0.15, -0.1) is 0 Å². The van der Waals surface area contributed by atoms with E-state index in [-0.39, 0.29) is 23.4 Å². The second-order valence-electron chi connectivity index (χ2n) is 5.82. The third kappa shape index (κ3) is 3.15. The predicted octanol–water partition coefficient (Wildman–Crippen LogP) is 2.82. The van der Waals surface area contributed by atoms with Crippen molar-refractivity contribution in [3.63, 3.8) is 0 Å². The Kier molecular flexibility index (Phi) is 4.09. The lowest BCUT2D eigenvalue weighted by atomic mass is 9.79. The first-order valence-electron chi connectivity index (χ1n) is 6.84. The molecular weight excluding hydrogens is 260 g/mol. The maximum atomic E-state index is 14.2. The van der Waals surface area contributed by atoms with Gasteiger partial charge in [-0.25, -0.2) is 0 Å². The van der Waals surface area contributed by atoms with Crippen LogP contribution in [0.25, 0.3) is 0 Å². The largest absolute Gasteiger partial charge is 0.387 e. The van der Waals surface area contributed by atoms with Crippen molar-refractivity contribution in [2.75, 3.05) is 19.6 Å². The highest BCUT2D eigenvalue weighted by molar-refractivity contribution is 5.83. The molecule has 110 valence electrons. The van der Waals surface area contributed by atoms with Crippen LogP contribution in [0.15, 0.2) is 30.3 Å². The summed E-state index contributed by atoms with van der Waals surface area (Å²) in [6, 6.07) is 7.92. The highest BCUT2D eigenvalue weighted by atomic mass is 19.3. The average molecular weight is 281 g/mol. The lowest BCUT2D eigenvalue weighted by Crippen LogP contribution is -2.47. The van der Waals surface area contributed by atoms with Crippen molar-refractivity contribution in [3.8, 4) is 0 Å². The van der Waals surface area contributed by atoms with Crippen LogP contribution in [0.4, 0.5) is 8.78 Å². The summed E-state index contributed by atoms with van der Waals surface area (Å²) in [6.45, 7) is 2.77. The summed E-state index contributed by atoms with van der Waals surface area (Å²) in [4.78, 5) is 1.76. The van der Waals surface area contributed by atoms with Crippen LogP contribution in [0.5, 0.6) is 0 Å². The fraction of sp³-hybridized carbons (Fsp3) is 0.533. The maximum absolute atomic E-state index is 14.2. The summed E-state index contributed by atoms with van der Waals surface area (Å²) in [5, 5.41) is 7.58. The molecule has 20 heavy (non-hydrogen) atoms. The normalized spacial score (nSPS) is 19.8. The van der Waals surface area contributed by atoms with Gasteiger partial charge in [-0.2, -0.15) is 8.78 Å². The quantitative estimate of drug-likeness (QED) is 0.658. The number of amidine groups is 1. The number of halogens is 2. The summed E-state index contributed by atoms with van der Waals surface area (Å²) in [7, 11) is 0. The van der Waals surface area contributed by atoms with Crippen LogP contribution in [0.1, 0.15) is 25.3 Å². The second-order valence-corrected chi connectivity index (χ2v) is 5.82. The number of nitrogens with one attached hydrogen (secondary N) is 1. The van der Waals surface area contributed by atoms with Gasteiger partial charge in [0.05, 0.1) is 12.4 Å². The highest BCUT2D eigenvalue weighted by Crippen LogP contribution is 2.34. The molecule has 0 spiro atoms. The van der Waals surface area contributed by atoms with Crippen molar-refractivity contribution in [2.45, 2.75) is 25.7 Å². The van der Waals surface area contributed by atoms with E-state index in [1.807, 2.05) is 6.92 Å². The van der Waals surface area contributed by atoms with E-state index in [2.05, 4.69) is 0 Å². The molecule has 0 atom stereocenters. The van der Waals surface area contributed by atoms with Crippen LogP contribution in [0, 0.1) is 10.8 Å². The zero-order chi connectivity index (χ0) is 14.8. The molecule has 1 aromatic rings. The molecule has 0 aliphatic carbocycles. The number of alkyl halides is 2. The smallest absolute Gasteiger partial charge is 0.285 e. The van der Waals surface area contributed by atoms with Gasteiger partial charge >= 0.3 is 0 Å². The minimum Gasteiger partial charge on any atom is -0.387 e. The standard InChI is InChI=1S/C15H21F2N3/c1-14(13(18)19)7-9-20(10-8-14)11-15(16,17)12-5-3-2-4-6-12/h2-6H,7-11H2,1H3,(H3,18,19). The van der Waals surface area contributed by atoms with Crippen LogP contribution in [0.2, 0.25) is 0 Å². The number of nitrogens with two attached hydrogens (primary N) is 1. The second kappa shape index (κ2) is 5.48. The molecule has 1 saturated heterocycles. The van der Waals surface area contributed by atoms with E-state index in [0.717, 1.165) is 0 Å². The molecule has 0 aromatic heterocycles. The Balaban J connectivity index is 1.97. The number of hydrogen-bond donors (Lipinski definition) is 2. The molecule has 0 amide bonds. The van der Waals surface area contributed by atoms with Crippen molar-refractivity contribution in [2.24, 2.45) is 11.1 Å². The van der Waals surface area contributed by atoms with Gasteiger partial charge in [0.1, 0.15) is 0 Å². The SMILES string of the molecule is CC1(C(=N)N)CCN(CC(F)(F)c2ccccc2)CC1. The first-order chi connectivity index (χ1) is 9.33. The molecule has 1 aromatic carbocycles. The van der Waals surface area contributed by atoms with E-state index >= 15 is 0 Å². The molecule has 1 heterocycles. The molecular formula is C15H21F2N3. The number of rotatable bonds is 4. The number of likely N-dealkylation sites (tertiary alicyclic amines) is 1. The predicted molar refractivity (Wildman–Crippen MR) is 76.0 cm³/mol. The summed E-state index contributed by atoms with van der Waals surface area (Å²) >= 11 is 0. The fourth-order valence-electron chi connectivity index (χ4n) is 2.53. The van der Waals surface area contributed by atoms with Crippen LogP contribution in [-0.2, 0) is 5.92 Å². The van der Waals surface area contributed by atoms with E-state index in [1.165, 1.54) is 12.1 Å². The zero-order valence-electron chi connectivity index (χ0n) is 11.7. The van der Waals surface area contributed by atoms with Crippen LogP contribution in [-0.4, -0.2) is 30.4 Å². The van der Waals surface area contributed by atoms with Crippen molar-refractivity contribution in [3.05, 3.63) is 35.9 Å². The first-order valence-corrected chi connectivity index (χ1v) is 6.84. The van der Waals surface area contributed by atoms with E-state index in [9.17, 15) is 8.78 Å². The molecule has 5 heteroatoms. The summed E-state index contributed by atoms with van der Waals surface area (Å²) < 4.78 is 28.4. The van der Waals surface area contributed by atoms with Crippen molar-refractivity contribution >= 4 is 5.84 Å².